The molecule has 1 aromatic carbocycles. The van der Waals surface area contributed by atoms with Gasteiger partial charge in [-0.25, -0.2) is 4.39 Å². The maximum absolute atomic E-state index is 12.9. The van der Waals surface area contributed by atoms with E-state index in [1.54, 1.807) is 0 Å². The van der Waals surface area contributed by atoms with Crippen molar-refractivity contribution < 1.29 is 17.6 Å². The van der Waals surface area contributed by atoms with Crippen LogP contribution in [0.1, 0.15) is 25.0 Å². The summed E-state index contributed by atoms with van der Waals surface area (Å²) in [7, 11) is 0. The molecule has 1 aromatic rings. The highest BCUT2D eigenvalue weighted by atomic mass is 79.9. The Kier molecular flexibility index (Phi) is 5.87. The van der Waals surface area contributed by atoms with Gasteiger partial charge in [-0.2, -0.15) is 13.2 Å². The lowest BCUT2D eigenvalue weighted by molar-refractivity contribution is -0.138. The van der Waals surface area contributed by atoms with Crippen LogP contribution in [0.3, 0.4) is 0 Å². The van der Waals surface area contributed by atoms with Crippen LogP contribution in [0.25, 0.3) is 0 Å². The van der Waals surface area contributed by atoms with Crippen LogP contribution >= 0.6 is 15.9 Å². The number of hydrogen-bond donors (Lipinski definition) is 0. The minimum atomic E-state index is -4.49. The Morgan fingerprint density at radius 2 is 1.73 bits per heavy atom. The van der Waals surface area contributed by atoms with Gasteiger partial charge in [0.25, 0.3) is 0 Å². The minimum Gasteiger partial charge on any atom is -0.207 e. The van der Waals surface area contributed by atoms with Gasteiger partial charge in [0, 0.05) is 10.9 Å². The zero-order valence-corrected chi connectivity index (χ0v) is 9.91. The van der Waals surface area contributed by atoms with E-state index in [4.69, 9.17) is 0 Å². The Morgan fingerprint density at radius 3 is 2.07 bits per heavy atom. The van der Waals surface area contributed by atoms with E-state index < -0.39 is 17.6 Å². The van der Waals surface area contributed by atoms with Crippen molar-refractivity contribution in [1.29, 1.82) is 0 Å². The quantitative estimate of drug-likeness (QED) is 0.515. The van der Waals surface area contributed by atoms with E-state index in [9.17, 15) is 17.6 Å². The van der Waals surface area contributed by atoms with E-state index in [2.05, 4.69) is 15.9 Å². The van der Waals surface area contributed by atoms with E-state index in [1.165, 1.54) is 0 Å². The summed E-state index contributed by atoms with van der Waals surface area (Å²) in [5.74, 6) is -0.841. The van der Waals surface area contributed by atoms with Crippen molar-refractivity contribution in [3.05, 3.63) is 35.1 Å². The molecule has 5 heteroatoms. The van der Waals surface area contributed by atoms with Crippen molar-refractivity contribution in [3.8, 4) is 0 Å². The Bertz CT molecular complexity index is 307. The Morgan fingerprint density at radius 1 is 1.20 bits per heavy atom. The molecule has 0 heterocycles. The van der Waals surface area contributed by atoms with Crippen molar-refractivity contribution in [2.75, 3.05) is 0 Å². The fourth-order valence-electron chi connectivity index (χ4n) is 0.960. The predicted octanol–water partition coefficient (Wildman–Crippen LogP) is 4.77. The summed E-state index contributed by atoms with van der Waals surface area (Å²) < 4.78 is 49.5. The SMILES string of the molecule is CC.Fc1cccc(C(F)(F)F)c1CBr. The molecule has 0 aliphatic rings. The molecule has 0 aromatic heterocycles. The summed E-state index contributed by atoms with van der Waals surface area (Å²) in [6, 6.07) is 2.91. The summed E-state index contributed by atoms with van der Waals surface area (Å²) in [5, 5.41) is -0.144. The number of alkyl halides is 4. The lowest BCUT2D eigenvalue weighted by atomic mass is 10.1. The first kappa shape index (κ1) is 14.4. The van der Waals surface area contributed by atoms with Crippen LogP contribution in [0.15, 0.2) is 18.2 Å². The molecule has 0 aliphatic heterocycles. The van der Waals surface area contributed by atoms with Gasteiger partial charge in [0.05, 0.1) is 5.56 Å². The van der Waals surface area contributed by atoms with E-state index in [-0.39, 0.29) is 10.9 Å². The van der Waals surface area contributed by atoms with Gasteiger partial charge in [0.2, 0.25) is 0 Å². The zero-order chi connectivity index (χ0) is 12.1. The minimum absolute atomic E-state index is 0.144. The predicted molar refractivity (Wildman–Crippen MR) is 55.4 cm³/mol. The second kappa shape index (κ2) is 6.10. The van der Waals surface area contributed by atoms with Gasteiger partial charge in [-0.05, 0) is 12.1 Å². The first-order valence-corrected chi connectivity index (χ1v) is 5.49. The highest BCUT2D eigenvalue weighted by Crippen LogP contribution is 2.33. The highest BCUT2D eigenvalue weighted by molar-refractivity contribution is 9.08. The fourth-order valence-corrected chi connectivity index (χ4v) is 1.53. The molecule has 0 N–H and O–H groups in total. The molecule has 0 bridgehead atoms. The summed E-state index contributed by atoms with van der Waals surface area (Å²) in [4.78, 5) is 0. The Hall–Kier alpha value is -0.580. The molecule has 0 amide bonds. The Labute approximate surface area is 94.4 Å². The van der Waals surface area contributed by atoms with Crippen molar-refractivity contribution in [2.24, 2.45) is 0 Å². The third-order valence-corrected chi connectivity index (χ3v) is 2.12. The zero-order valence-electron chi connectivity index (χ0n) is 8.33. The lowest BCUT2D eigenvalue weighted by Gasteiger charge is -2.11. The standard InChI is InChI=1S/C8H5BrF4.C2H6/c9-4-5-6(8(11,12)13)2-1-3-7(5)10;1-2/h1-3H,4H2;1-2H3. The van der Waals surface area contributed by atoms with Crippen LogP contribution < -0.4 is 0 Å². The lowest BCUT2D eigenvalue weighted by Crippen LogP contribution is -2.09. The van der Waals surface area contributed by atoms with Crippen LogP contribution in [0.5, 0.6) is 0 Å². The van der Waals surface area contributed by atoms with E-state index >= 15 is 0 Å². The molecule has 0 unspecified atom stereocenters. The van der Waals surface area contributed by atoms with E-state index in [0.717, 1.165) is 18.2 Å². The van der Waals surface area contributed by atoms with Crippen molar-refractivity contribution in [2.45, 2.75) is 25.4 Å². The summed E-state index contributed by atoms with van der Waals surface area (Å²) in [6.45, 7) is 4.00. The van der Waals surface area contributed by atoms with E-state index in [0.29, 0.717) is 0 Å². The van der Waals surface area contributed by atoms with Gasteiger partial charge < -0.3 is 0 Å². The smallest absolute Gasteiger partial charge is 0.207 e. The molecule has 0 spiro atoms. The van der Waals surface area contributed by atoms with Gasteiger partial charge in [0.15, 0.2) is 0 Å². The topological polar surface area (TPSA) is 0 Å². The third kappa shape index (κ3) is 3.81. The van der Waals surface area contributed by atoms with Gasteiger partial charge in [-0.1, -0.05) is 35.8 Å². The summed E-state index contributed by atoms with van der Waals surface area (Å²) >= 11 is 2.81. The Balaban J connectivity index is 0.000000921. The van der Waals surface area contributed by atoms with Crippen molar-refractivity contribution in [3.63, 3.8) is 0 Å². The maximum Gasteiger partial charge on any atom is 0.416 e. The van der Waals surface area contributed by atoms with Crippen LogP contribution in [0.2, 0.25) is 0 Å². The van der Waals surface area contributed by atoms with Gasteiger partial charge in [0.1, 0.15) is 5.82 Å². The average Bonchev–Trinajstić information content (AvgIpc) is 2.19. The number of hydrogen-bond acceptors (Lipinski definition) is 0. The molecular weight excluding hydrogens is 276 g/mol. The van der Waals surface area contributed by atoms with Crippen LogP contribution in [-0.2, 0) is 11.5 Å². The molecule has 0 saturated heterocycles. The maximum atomic E-state index is 12.9. The molecule has 1 rings (SSSR count). The van der Waals surface area contributed by atoms with Crippen molar-refractivity contribution >= 4 is 15.9 Å². The monoisotopic (exact) mass is 286 g/mol. The molecule has 0 nitrogen and oxygen atoms in total. The molecule has 0 aliphatic carbocycles. The molecule has 0 radical (unpaired) electrons. The fraction of sp³-hybridized carbons (Fsp3) is 0.400. The normalized spacial score (nSPS) is 10.6. The molecule has 86 valence electrons. The highest BCUT2D eigenvalue weighted by Gasteiger charge is 2.33. The first-order chi connectivity index (χ1) is 6.96. The summed E-state index contributed by atoms with van der Waals surface area (Å²) in [5.41, 5.74) is -1.28. The van der Waals surface area contributed by atoms with Gasteiger partial charge in [-0.15, -0.1) is 0 Å². The molecule has 15 heavy (non-hydrogen) atoms. The van der Waals surface area contributed by atoms with E-state index in [1.807, 2.05) is 13.8 Å². The number of rotatable bonds is 1. The van der Waals surface area contributed by atoms with Crippen LogP contribution in [-0.4, -0.2) is 0 Å². The van der Waals surface area contributed by atoms with Crippen LogP contribution in [0, 0.1) is 5.82 Å². The molecule has 0 saturated carbocycles. The largest absolute Gasteiger partial charge is 0.416 e. The summed E-state index contributed by atoms with van der Waals surface area (Å²) in [6.07, 6.45) is -4.49. The van der Waals surface area contributed by atoms with Crippen molar-refractivity contribution in [1.82, 2.24) is 0 Å². The molecular formula is C10H11BrF4. The average molecular weight is 287 g/mol. The second-order valence-corrected chi connectivity index (χ2v) is 2.96. The first-order valence-electron chi connectivity index (χ1n) is 4.37. The van der Waals surface area contributed by atoms with Crippen LogP contribution in [0.4, 0.5) is 17.6 Å². The number of halogens is 5. The molecule has 0 atom stereocenters. The number of benzene rings is 1. The van der Waals surface area contributed by atoms with Gasteiger partial charge >= 0.3 is 6.18 Å². The van der Waals surface area contributed by atoms with Gasteiger partial charge in [-0.3, -0.25) is 0 Å². The second-order valence-electron chi connectivity index (χ2n) is 2.40. The molecule has 0 fully saturated rings. The third-order valence-electron chi connectivity index (χ3n) is 1.56.